The van der Waals surface area contributed by atoms with E-state index in [9.17, 15) is 4.79 Å². The Hall–Kier alpha value is -0.800. The van der Waals surface area contributed by atoms with E-state index in [1.54, 1.807) is 12.1 Å². The van der Waals surface area contributed by atoms with Crippen LogP contribution in [0.15, 0.2) is 12.1 Å². The Morgan fingerprint density at radius 2 is 2.12 bits per heavy atom. The Kier molecular flexibility index (Phi) is 5.72. The summed E-state index contributed by atoms with van der Waals surface area (Å²) >= 11 is 11.7. The van der Waals surface area contributed by atoms with E-state index in [0.717, 1.165) is 19.3 Å². The fraction of sp³-hybridized carbons (Fsp3) is 0.500. The number of nitrogens with one attached hydrogen (secondary N) is 1. The van der Waals surface area contributed by atoms with Gasteiger partial charge < -0.3 is 5.32 Å². The molecule has 1 aromatic heterocycles. The van der Waals surface area contributed by atoms with E-state index < -0.39 is 0 Å². The zero-order valence-corrected chi connectivity index (χ0v) is 11.5. The summed E-state index contributed by atoms with van der Waals surface area (Å²) in [6.45, 7) is 4.12. The van der Waals surface area contributed by atoms with Crippen molar-refractivity contribution in [3.8, 4) is 0 Å². The molecule has 1 rings (SSSR count). The molecule has 0 aliphatic rings. The van der Waals surface area contributed by atoms with Crippen LogP contribution in [0.4, 0.5) is 0 Å². The standard InChI is InChI=1S/C12H16Cl2N2O/c1-3-5-8(4-2)15-12(17)11-9(13)6-7-10(14)16-11/h6-8H,3-5H2,1-2H3,(H,15,17). The quantitative estimate of drug-likeness (QED) is 0.832. The zero-order valence-electron chi connectivity index (χ0n) is 9.96. The van der Waals surface area contributed by atoms with Gasteiger partial charge in [0.1, 0.15) is 10.8 Å². The van der Waals surface area contributed by atoms with E-state index in [4.69, 9.17) is 23.2 Å². The molecule has 1 heterocycles. The summed E-state index contributed by atoms with van der Waals surface area (Å²) in [5.41, 5.74) is 0.189. The number of hydrogen-bond donors (Lipinski definition) is 1. The average Bonchev–Trinajstić information content (AvgIpc) is 2.31. The first-order valence-corrected chi connectivity index (χ1v) is 6.47. The maximum absolute atomic E-state index is 11.9. The highest BCUT2D eigenvalue weighted by atomic mass is 35.5. The van der Waals surface area contributed by atoms with E-state index in [2.05, 4.69) is 17.2 Å². The summed E-state index contributed by atoms with van der Waals surface area (Å²) in [5, 5.41) is 3.49. The smallest absolute Gasteiger partial charge is 0.271 e. The summed E-state index contributed by atoms with van der Waals surface area (Å²) in [4.78, 5) is 15.9. The molecule has 94 valence electrons. The van der Waals surface area contributed by atoms with Crippen molar-refractivity contribution in [1.29, 1.82) is 0 Å². The van der Waals surface area contributed by atoms with Gasteiger partial charge in [-0.05, 0) is 25.0 Å². The molecule has 1 atom stereocenters. The normalized spacial score (nSPS) is 12.2. The van der Waals surface area contributed by atoms with Crippen LogP contribution in [-0.4, -0.2) is 16.9 Å². The summed E-state index contributed by atoms with van der Waals surface area (Å²) in [7, 11) is 0. The van der Waals surface area contributed by atoms with Gasteiger partial charge in [0, 0.05) is 6.04 Å². The van der Waals surface area contributed by atoms with E-state index >= 15 is 0 Å². The van der Waals surface area contributed by atoms with Gasteiger partial charge in [0.15, 0.2) is 0 Å². The number of halogens is 2. The van der Waals surface area contributed by atoms with Gasteiger partial charge in [-0.2, -0.15) is 0 Å². The van der Waals surface area contributed by atoms with Gasteiger partial charge in [-0.3, -0.25) is 4.79 Å². The summed E-state index contributed by atoms with van der Waals surface area (Å²) in [6.07, 6.45) is 2.85. The van der Waals surface area contributed by atoms with Crippen molar-refractivity contribution in [2.75, 3.05) is 0 Å². The molecule has 1 unspecified atom stereocenters. The van der Waals surface area contributed by atoms with E-state index in [1.165, 1.54) is 0 Å². The average molecular weight is 275 g/mol. The molecule has 0 fully saturated rings. The van der Waals surface area contributed by atoms with Crippen LogP contribution in [0.5, 0.6) is 0 Å². The third-order valence-corrected chi connectivity index (χ3v) is 3.01. The molecule has 0 aromatic carbocycles. The topological polar surface area (TPSA) is 42.0 Å². The molecule has 0 aliphatic heterocycles. The van der Waals surface area contributed by atoms with Crippen molar-refractivity contribution < 1.29 is 4.79 Å². The zero-order chi connectivity index (χ0) is 12.8. The van der Waals surface area contributed by atoms with E-state index in [1.807, 2.05) is 6.92 Å². The van der Waals surface area contributed by atoms with Gasteiger partial charge >= 0.3 is 0 Å². The molecule has 0 aliphatic carbocycles. The Bertz CT molecular complexity index is 396. The molecular formula is C12H16Cl2N2O. The Balaban J connectivity index is 2.78. The predicted molar refractivity (Wildman–Crippen MR) is 70.7 cm³/mol. The second-order valence-corrected chi connectivity index (χ2v) is 4.63. The second-order valence-electron chi connectivity index (χ2n) is 3.83. The lowest BCUT2D eigenvalue weighted by atomic mass is 10.1. The first-order valence-electron chi connectivity index (χ1n) is 5.71. The van der Waals surface area contributed by atoms with Gasteiger partial charge in [-0.15, -0.1) is 0 Å². The number of carbonyl (C=O) groups is 1. The number of aromatic nitrogens is 1. The van der Waals surface area contributed by atoms with Crippen LogP contribution in [0.3, 0.4) is 0 Å². The predicted octanol–water partition coefficient (Wildman–Crippen LogP) is 3.70. The summed E-state index contributed by atoms with van der Waals surface area (Å²) in [5.74, 6) is -0.266. The summed E-state index contributed by atoms with van der Waals surface area (Å²) in [6, 6.07) is 3.29. The van der Waals surface area contributed by atoms with Crippen LogP contribution in [0, 0.1) is 0 Å². The highest BCUT2D eigenvalue weighted by Crippen LogP contribution is 2.17. The maximum atomic E-state index is 11.9. The van der Waals surface area contributed by atoms with Gasteiger partial charge in [0.05, 0.1) is 5.02 Å². The van der Waals surface area contributed by atoms with Crippen LogP contribution < -0.4 is 5.32 Å². The SMILES string of the molecule is CCCC(CC)NC(=O)c1nc(Cl)ccc1Cl. The molecule has 0 saturated heterocycles. The van der Waals surface area contributed by atoms with Crippen molar-refractivity contribution in [2.45, 2.75) is 39.2 Å². The fourth-order valence-corrected chi connectivity index (χ4v) is 1.90. The van der Waals surface area contributed by atoms with Crippen LogP contribution >= 0.6 is 23.2 Å². The number of amides is 1. The lowest BCUT2D eigenvalue weighted by molar-refractivity contribution is 0.0929. The molecule has 1 aromatic rings. The number of rotatable bonds is 5. The lowest BCUT2D eigenvalue weighted by Gasteiger charge is -2.16. The molecule has 17 heavy (non-hydrogen) atoms. The monoisotopic (exact) mass is 274 g/mol. The summed E-state index contributed by atoms with van der Waals surface area (Å²) < 4.78 is 0. The molecule has 3 nitrogen and oxygen atoms in total. The van der Waals surface area contributed by atoms with Crippen molar-refractivity contribution in [2.24, 2.45) is 0 Å². The largest absolute Gasteiger partial charge is 0.348 e. The second kappa shape index (κ2) is 6.82. The first kappa shape index (κ1) is 14.3. The minimum Gasteiger partial charge on any atom is -0.348 e. The van der Waals surface area contributed by atoms with Crippen LogP contribution in [0.2, 0.25) is 10.2 Å². The van der Waals surface area contributed by atoms with Crippen molar-refractivity contribution >= 4 is 29.1 Å². The number of pyridine rings is 1. The van der Waals surface area contributed by atoms with Crippen LogP contribution in [0.25, 0.3) is 0 Å². The molecule has 0 saturated carbocycles. The van der Waals surface area contributed by atoms with Crippen molar-refractivity contribution in [1.82, 2.24) is 10.3 Å². The minimum atomic E-state index is -0.266. The highest BCUT2D eigenvalue weighted by molar-refractivity contribution is 6.34. The third kappa shape index (κ3) is 4.17. The third-order valence-electron chi connectivity index (χ3n) is 2.49. The Morgan fingerprint density at radius 3 is 2.71 bits per heavy atom. The van der Waals surface area contributed by atoms with Gasteiger partial charge in [0.25, 0.3) is 5.91 Å². The van der Waals surface area contributed by atoms with E-state index in [-0.39, 0.29) is 22.8 Å². The first-order chi connectivity index (χ1) is 8.08. The number of nitrogens with zero attached hydrogens (tertiary/aromatic N) is 1. The van der Waals surface area contributed by atoms with Crippen molar-refractivity contribution in [3.05, 3.63) is 28.0 Å². The Morgan fingerprint density at radius 1 is 1.41 bits per heavy atom. The molecule has 0 spiro atoms. The number of carbonyl (C=O) groups excluding carboxylic acids is 1. The molecular weight excluding hydrogens is 259 g/mol. The molecule has 0 radical (unpaired) electrons. The maximum Gasteiger partial charge on any atom is 0.271 e. The lowest BCUT2D eigenvalue weighted by Crippen LogP contribution is -2.34. The minimum absolute atomic E-state index is 0.157. The van der Waals surface area contributed by atoms with Gasteiger partial charge in [0.2, 0.25) is 0 Å². The highest BCUT2D eigenvalue weighted by Gasteiger charge is 2.16. The fourth-order valence-electron chi connectivity index (χ4n) is 1.56. The van der Waals surface area contributed by atoms with Gasteiger partial charge in [-0.1, -0.05) is 43.5 Å². The molecule has 1 amide bonds. The molecule has 5 heteroatoms. The Labute approximate surface area is 112 Å². The molecule has 0 bridgehead atoms. The van der Waals surface area contributed by atoms with Crippen LogP contribution in [0.1, 0.15) is 43.6 Å². The van der Waals surface area contributed by atoms with Crippen LogP contribution in [-0.2, 0) is 0 Å². The van der Waals surface area contributed by atoms with Gasteiger partial charge in [-0.25, -0.2) is 4.98 Å². The van der Waals surface area contributed by atoms with Crippen molar-refractivity contribution in [3.63, 3.8) is 0 Å². The number of hydrogen-bond acceptors (Lipinski definition) is 2. The molecule has 1 N–H and O–H groups in total. The van der Waals surface area contributed by atoms with E-state index in [0.29, 0.717) is 5.02 Å².